The van der Waals surface area contributed by atoms with E-state index >= 15 is 0 Å². The van der Waals surface area contributed by atoms with Gasteiger partial charge in [-0.2, -0.15) is 13.2 Å². The van der Waals surface area contributed by atoms with Gasteiger partial charge in [-0.1, -0.05) is 24.3 Å². The van der Waals surface area contributed by atoms with Crippen molar-refractivity contribution in [3.8, 4) is 11.5 Å². The van der Waals surface area contributed by atoms with Crippen molar-refractivity contribution in [2.75, 3.05) is 13.2 Å². The van der Waals surface area contributed by atoms with Gasteiger partial charge >= 0.3 is 6.18 Å². The highest BCUT2D eigenvalue weighted by atomic mass is 19.4. The van der Waals surface area contributed by atoms with Crippen LogP contribution in [0.4, 0.5) is 13.2 Å². The van der Waals surface area contributed by atoms with Crippen molar-refractivity contribution in [3.05, 3.63) is 59.2 Å². The second-order valence-electron chi connectivity index (χ2n) is 6.07. The summed E-state index contributed by atoms with van der Waals surface area (Å²) in [6.45, 7) is 2.76. The second-order valence-corrected chi connectivity index (χ2v) is 6.07. The molecule has 0 aliphatic carbocycles. The highest BCUT2D eigenvalue weighted by Gasteiger charge is 2.30. The number of benzene rings is 2. The van der Waals surface area contributed by atoms with E-state index in [0.29, 0.717) is 30.3 Å². The molecular formula is C19H18F3NO3. The van der Waals surface area contributed by atoms with Crippen molar-refractivity contribution < 1.29 is 27.4 Å². The number of nitrogens with one attached hydrogen (secondary N) is 1. The fourth-order valence-corrected chi connectivity index (χ4v) is 2.75. The molecule has 2 aromatic rings. The molecule has 1 aliphatic rings. The zero-order valence-corrected chi connectivity index (χ0v) is 14.1. The molecule has 0 bridgehead atoms. The first-order chi connectivity index (χ1) is 12.3. The van der Waals surface area contributed by atoms with Gasteiger partial charge in [-0.25, -0.2) is 0 Å². The predicted molar refractivity (Wildman–Crippen MR) is 89.1 cm³/mol. The van der Waals surface area contributed by atoms with Crippen molar-refractivity contribution in [3.63, 3.8) is 0 Å². The molecule has 26 heavy (non-hydrogen) atoms. The van der Waals surface area contributed by atoms with E-state index in [1.165, 1.54) is 12.1 Å². The summed E-state index contributed by atoms with van der Waals surface area (Å²) in [5.74, 6) is 0.918. The quantitative estimate of drug-likeness (QED) is 0.894. The summed E-state index contributed by atoms with van der Waals surface area (Å²) < 4.78 is 49.2. The average molecular weight is 365 g/mol. The topological polar surface area (TPSA) is 47.6 Å². The van der Waals surface area contributed by atoms with Crippen molar-refractivity contribution >= 4 is 5.91 Å². The molecule has 138 valence electrons. The van der Waals surface area contributed by atoms with Crippen LogP contribution in [-0.2, 0) is 17.4 Å². The second kappa shape index (κ2) is 7.27. The molecule has 1 aliphatic heterocycles. The average Bonchev–Trinajstić information content (AvgIpc) is 2.60. The molecule has 1 amide bonds. The molecule has 2 aromatic carbocycles. The van der Waals surface area contributed by atoms with Gasteiger partial charge in [0.2, 0.25) is 5.91 Å². The van der Waals surface area contributed by atoms with Gasteiger partial charge in [-0.3, -0.25) is 4.79 Å². The van der Waals surface area contributed by atoms with Gasteiger partial charge in [-0.15, -0.1) is 0 Å². The Bertz CT molecular complexity index is 805. The number of alkyl halides is 3. The van der Waals surface area contributed by atoms with Crippen LogP contribution in [0.5, 0.6) is 11.5 Å². The van der Waals surface area contributed by atoms with Crippen molar-refractivity contribution in [1.29, 1.82) is 0 Å². The third-order valence-corrected chi connectivity index (χ3v) is 4.06. The highest BCUT2D eigenvalue weighted by molar-refractivity contribution is 5.79. The number of ether oxygens (including phenoxy) is 2. The van der Waals surface area contributed by atoms with Crippen LogP contribution in [0.3, 0.4) is 0 Å². The van der Waals surface area contributed by atoms with Crippen LogP contribution in [0.25, 0.3) is 0 Å². The highest BCUT2D eigenvalue weighted by Crippen LogP contribution is 2.33. The summed E-state index contributed by atoms with van der Waals surface area (Å²) in [5.41, 5.74) is 0.376. The van der Waals surface area contributed by atoms with Gasteiger partial charge in [0.15, 0.2) is 11.5 Å². The fourth-order valence-electron chi connectivity index (χ4n) is 2.75. The maximum atomic E-state index is 12.8. The van der Waals surface area contributed by atoms with Crippen LogP contribution in [0.1, 0.15) is 29.7 Å². The van der Waals surface area contributed by atoms with E-state index in [0.717, 1.165) is 17.7 Å². The van der Waals surface area contributed by atoms with Crippen LogP contribution >= 0.6 is 0 Å². The Hall–Kier alpha value is -2.70. The first kappa shape index (κ1) is 18.1. The maximum absolute atomic E-state index is 12.8. The number of carbonyl (C=O) groups is 1. The first-order valence-electron chi connectivity index (χ1n) is 8.18. The standard InChI is InChI=1S/C19H18F3NO3/c1-12(14-5-6-16-17(11-14)26-8-7-25-16)23-18(24)10-13-3-2-4-15(9-13)19(20,21)22/h2-6,9,11-12H,7-8,10H2,1H3,(H,23,24). The molecular weight excluding hydrogens is 347 g/mol. The van der Waals surface area contributed by atoms with E-state index in [-0.39, 0.29) is 18.4 Å². The third-order valence-electron chi connectivity index (χ3n) is 4.06. The Morgan fingerprint density at radius 1 is 1.12 bits per heavy atom. The lowest BCUT2D eigenvalue weighted by Crippen LogP contribution is -2.28. The summed E-state index contributed by atoms with van der Waals surface area (Å²) >= 11 is 0. The number of halogens is 3. The van der Waals surface area contributed by atoms with Crippen molar-refractivity contribution in [1.82, 2.24) is 5.32 Å². The molecule has 3 rings (SSSR count). The summed E-state index contributed by atoms with van der Waals surface area (Å²) in [6.07, 6.45) is -4.55. The van der Waals surface area contributed by atoms with E-state index < -0.39 is 11.7 Å². The van der Waals surface area contributed by atoms with E-state index in [1.54, 1.807) is 19.1 Å². The lowest BCUT2D eigenvalue weighted by molar-refractivity contribution is -0.137. The van der Waals surface area contributed by atoms with Gasteiger partial charge in [-0.05, 0) is 36.2 Å². The molecule has 0 spiro atoms. The summed E-state index contributed by atoms with van der Waals surface area (Å²) in [5, 5.41) is 2.79. The lowest BCUT2D eigenvalue weighted by atomic mass is 10.1. The minimum Gasteiger partial charge on any atom is -0.486 e. The summed E-state index contributed by atoms with van der Waals surface area (Å²) in [4.78, 5) is 12.2. The van der Waals surface area contributed by atoms with Gasteiger partial charge < -0.3 is 14.8 Å². The summed E-state index contributed by atoms with van der Waals surface area (Å²) in [7, 11) is 0. The number of hydrogen-bond acceptors (Lipinski definition) is 3. The lowest BCUT2D eigenvalue weighted by Gasteiger charge is -2.21. The number of rotatable bonds is 4. The molecule has 0 saturated heterocycles. The van der Waals surface area contributed by atoms with Gasteiger partial charge in [0.1, 0.15) is 13.2 Å². The first-order valence-corrected chi connectivity index (χ1v) is 8.18. The van der Waals surface area contributed by atoms with E-state index in [4.69, 9.17) is 9.47 Å². The van der Waals surface area contributed by atoms with Crippen molar-refractivity contribution in [2.24, 2.45) is 0 Å². The maximum Gasteiger partial charge on any atom is 0.416 e. The molecule has 4 nitrogen and oxygen atoms in total. The molecule has 0 aromatic heterocycles. The SMILES string of the molecule is CC(NC(=O)Cc1cccc(C(F)(F)F)c1)c1ccc2c(c1)OCCO2. The van der Waals surface area contributed by atoms with Gasteiger partial charge in [0.05, 0.1) is 18.0 Å². The Balaban J connectivity index is 1.65. The smallest absolute Gasteiger partial charge is 0.416 e. The molecule has 0 radical (unpaired) electrons. The van der Waals surface area contributed by atoms with Crippen molar-refractivity contribution in [2.45, 2.75) is 25.6 Å². The predicted octanol–water partition coefficient (Wildman–Crippen LogP) is 3.90. The minimum atomic E-state index is -4.43. The number of hydrogen-bond donors (Lipinski definition) is 1. The minimum absolute atomic E-state index is 0.126. The Morgan fingerprint density at radius 3 is 2.58 bits per heavy atom. The van der Waals surface area contributed by atoms with Crippen LogP contribution in [0, 0.1) is 0 Å². The Morgan fingerprint density at radius 2 is 1.85 bits per heavy atom. The van der Waals surface area contributed by atoms with Crippen LogP contribution in [-0.4, -0.2) is 19.1 Å². The van der Waals surface area contributed by atoms with Crippen LogP contribution in [0.2, 0.25) is 0 Å². The molecule has 1 N–H and O–H groups in total. The number of fused-ring (bicyclic) bond motifs is 1. The monoisotopic (exact) mass is 365 g/mol. The molecule has 1 heterocycles. The number of carbonyl (C=O) groups excluding carboxylic acids is 1. The fraction of sp³-hybridized carbons (Fsp3) is 0.316. The van der Waals surface area contributed by atoms with Gasteiger partial charge in [0.25, 0.3) is 0 Å². The molecule has 0 saturated carbocycles. The normalized spacial score (nSPS) is 14.6. The van der Waals surface area contributed by atoms with E-state index in [9.17, 15) is 18.0 Å². The number of amides is 1. The largest absolute Gasteiger partial charge is 0.486 e. The molecule has 1 atom stereocenters. The zero-order chi connectivity index (χ0) is 18.7. The molecule has 7 heteroatoms. The van der Waals surface area contributed by atoms with Crippen LogP contribution < -0.4 is 14.8 Å². The Labute approximate surface area is 148 Å². The third kappa shape index (κ3) is 4.28. The summed E-state index contributed by atoms with van der Waals surface area (Å²) in [6, 6.07) is 9.86. The van der Waals surface area contributed by atoms with E-state index in [2.05, 4.69) is 5.32 Å². The van der Waals surface area contributed by atoms with Gasteiger partial charge in [0, 0.05) is 0 Å². The van der Waals surface area contributed by atoms with E-state index in [1.807, 2.05) is 6.07 Å². The molecule has 0 fully saturated rings. The Kier molecular flexibility index (Phi) is 5.06. The zero-order valence-electron chi connectivity index (χ0n) is 14.1. The molecule has 1 unspecified atom stereocenters. The van der Waals surface area contributed by atoms with Crippen LogP contribution in [0.15, 0.2) is 42.5 Å².